The standard InChI is InChI=1S/C18H15ClN4O/c19-14-7-4-8-15(9-14)23-18(24)16-11-22-17(12-20-16)21-10-13-5-2-1-3-6-13/h1-9,11-12H,10H2,(H,21,22)(H,23,24). The molecule has 0 unspecified atom stereocenters. The summed E-state index contributed by atoms with van der Waals surface area (Å²) in [5.74, 6) is 0.275. The van der Waals surface area contributed by atoms with Crippen molar-refractivity contribution in [3.05, 3.63) is 83.3 Å². The summed E-state index contributed by atoms with van der Waals surface area (Å²) in [6, 6.07) is 16.9. The van der Waals surface area contributed by atoms with Gasteiger partial charge in [0.25, 0.3) is 5.91 Å². The van der Waals surface area contributed by atoms with E-state index in [9.17, 15) is 4.79 Å². The van der Waals surface area contributed by atoms with Gasteiger partial charge in [0.1, 0.15) is 11.5 Å². The van der Waals surface area contributed by atoms with Crippen LogP contribution in [0.25, 0.3) is 0 Å². The Kier molecular flexibility index (Phi) is 5.03. The van der Waals surface area contributed by atoms with E-state index >= 15 is 0 Å². The van der Waals surface area contributed by atoms with E-state index in [1.165, 1.54) is 12.4 Å². The van der Waals surface area contributed by atoms with Crippen molar-refractivity contribution >= 4 is 29.0 Å². The predicted octanol–water partition coefficient (Wildman–Crippen LogP) is 3.99. The Balaban J connectivity index is 1.60. The summed E-state index contributed by atoms with van der Waals surface area (Å²) >= 11 is 5.89. The van der Waals surface area contributed by atoms with E-state index in [-0.39, 0.29) is 11.6 Å². The second-order valence-electron chi connectivity index (χ2n) is 5.09. The van der Waals surface area contributed by atoms with Gasteiger partial charge in [-0.15, -0.1) is 0 Å². The fourth-order valence-electron chi connectivity index (χ4n) is 2.09. The molecular formula is C18H15ClN4O. The monoisotopic (exact) mass is 338 g/mol. The van der Waals surface area contributed by atoms with Crippen LogP contribution in [0.4, 0.5) is 11.5 Å². The molecule has 2 aromatic carbocycles. The number of hydrogen-bond acceptors (Lipinski definition) is 4. The van der Waals surface area contributed by atoms with Gasteiger partial charge in [-0.1, -0.05) is 48.0 Å². The van der Waals surface area contributed by atoms with Gasteiger partial charge in [0.15, 0.2) is 0 Å². The maximum absolute atomic E-state index is 12.1. The van der Waals surface area contributed by atoms with E-state index in [1.54, 1.807) is 24.3 Å². The molecule has 1 heterocycles. The smallest absolute Gasteiger partial charge is 0.275 e. The average Bonchev–Trinajstić information content (AvgIpc) is 2.61. The SMILES string of the molecule is O=C(Nc1cccc(Cl)c1)c1cnc(NCc2ccccc2)cn1. The normalized spacial score (nSPS) is 10.2. The van der Waals surface area contributed by atoms with Gasteiger partial charge < -0.3 is 10.6 Å². The van der Waals surface area contributed by atoms with Crippen LogP contribution in [-0.4, -0.2) is 15.9 Å². The highest BCUT2D eigenvalue weighted by Gasteiger charge is 2.08. The molecule has 2 N–H and O–H groups in total. The first kappa shape index (κ1) is 16.0. The van der Waals surface area contributed by atoms with Gasteiger partial charge in [0.2, 0.25) is 0 Å². The number of rotatable bonds is 5. The second kappa shape index (κ2) is 7.57. The first-order valence-corrected chi connectivity index (χ1v) is 7.75. The maximum atomic E-state index is 12.1. The van der Waals surface area contributed by atoms with Crippen molar-refractivity contribution in [2.45, 2.75) is 6.54 Å². The molecule has 0 saturated carbocycles. The summed E-state index contributed by atoms with van der Waals surface area (Å²) < 4.78 is 0. The lowest BCUT2D eigenvalue weighted by atomic mass is 10.2. The fraction of sp³-hybridized carbons (Fsp3) is 0.0556. The quantitative estimate of drug-likeness (QED) is 0.738. The minimum Gasteiger partial charge on any atom is -0.365 e. The molecule has 5 nitrogen and oxygen atoms in total. The van der Waals surface area contributed by atoms with Crippen LogP contribution in [0, 0.1) is 0 Å². The van der Waals surface area contributed by atoms with Gasteiger partial charge >= 0.3 is 0 Å². The minimum absolute atomic E-state index is 0.236. The van der Waals surface area contributed by atoms with Gasteiger partial charge in [-0.3, -0.25) is 4.79 Å². The Labute approximate surface area is 144 Å². The fourth-order valence-corrected chi connectivity index (χ4v) is 2.28. The zero-order valence-electron chi connectivity index (χ0n) is 12.7. The summed E-state index contributed by atoms with van der Waals surface area (Å²) in [4.78, 5) is 20.5. The van der Waals surface area contributed by atoms with Crippen molar-refractivity contribution in [3.8, 4) is 0 Å². The number of anilines is 2. The lowest BCUT2D eigenvalue weighted by molar-refractivity contribution is 0.102. The number of hydrogen-bond donors (Lipinski definition) is 2. The third-order valence-electron chi connectivity index (χ3n) is 3.28. The van der Waals surface area contributed by atoms with Crippen LogP contribution in [0.5, 0.6) is 0 Å². The van der Waals surface area contributed by atoms with Crippen LogP contribution in [0.3, 0.4) is 0 Å². The molecule has 0 bridgehead atoms. The number of amides is 1. The molecule has 120 valence electrons. The zero-order chi connectivity index (χ0) is 16.8. The van der Waals surface area contributed by atoms with Gasteiger partial charge in [0, 0.05) is 17.3 Å². The molecule has 0 atom stereocenters. The molecule has 0 aliphatic heterocycles. The summed E-state index contributed by atoms with van der Waals surface area (Å²) in [5, 5.41) is 6.45. The van der Waals surface area contributed by atoms with Gasteiger partial charge in [-0.2, -0.15) is 0 Å². The molecule has 0 saturated heterocycles. The van der Waals surface area contributed by atoms with Crippen molar-refractivity contribution < 1.29 is 4.79 Å². The molecule has 0 radical (unpaired) electrons. The molecule has 24 heavy (non-hydrogen) atoms. The third kappa shape index (κ3) is 4.30. The molecule has 3 aromatic rings. The Morgan fingerprint density at radius 3 is 2.54 bits per heavy atom. The number of carbonyl (C=O) groups is 1. The molecule has 3 rings (SSSR count). The largest absolute Gasteiger partial charge is 0.365 e. The maximum Gasteiger partial charge on any atom is 0.275 e. The van der Waals surface area contributed by atoms with Crippen LogP contribution in [-0.2, 0) is 6.54 Å². The molecular weight excluding hydrogens is 324 g/mol. The van der Waals surface area contributed by atoms with Crippen LogP contribution >= 0.6 is 11.6 Å². The Morgan fingerprint density at radius 1 is 1.00 bits per heavy atom. The lowest BCUT2D eigenvalue weighted by Gasteiger charge is -2.07. The first-order chi connectivity index (χ1) is 11.7. The van der Waals surface area contributed by atoms with E-state index in [1.807, 2.05) is 30.3 Å². The third-order valence-corrected chi connectivity index (χ3v) is 3.52. The summed E-state index contributed by atoms with van der Waals surface area (Å²) in [6.45, 7) is 0.642. The number of nitrogens with zero attached hydrogens (tertiary/aromatic N) is 2. The number of carbonyl (C=O) groups excluding carboxylic acids is 1. The van der Waals surface area contributed by atoms with E-state index < -0.39 is 0 Å². The van der Waals surface area contributed by atoms with Crippen molar-refractivity contribution in [3.63, 3.8) is 0 Å². The molecule has 0 spiro atoms. The minimum atomic E-state index is -0.334. The molecule has 1 aromatic heterocycles. The summed E-state index contributed by atoms with van der Waals surface area (Å²) in [6.07, 6.45) is 2.98. The average molecular weight is 339 g/mol. The topological polar surface area (TPSA) is 66.9 Å². The van der Waals surface area contributed by atoms with Crippen molar-refractivity contribution in [1.82, 2.24) is 9.97 Å². The van der Waals surface area contributed by atoms with E-state index in [4.69, 9.17) is 11.6 Å². The first-order valence-electron chi connectivity index (χ1n) is 7.37. The molecule has 0 aliphatic rings. The number of aromatic nitrogens is 2. The highest BCUT2D eigenvalue weighted by Crippen LogP contribution is 2.15. The Hall–Kier alpha value is -2.92. The van der Waals surface area contributed by atoms with Crippen LogP contribution in [0.2, 0.25) is 5.02 Å². The van der Waals surface area contributed by atoms with Gasteiger partial charge in [0.05, 0.1) is 12.4 Å². The van der Waals surface area contributed by atoms with E-state index in [0.717, 1.165) is 5.56 Å². The molecule has 0 aliphatic carbocycles. The zero-order valence-corrected chi connectivity index (χ0v) is 13.5. The second-order valence-corrected chi connectivity index (χ2v) is 5.53. The van der Waals surface area contributed by atoms with Crippen molar-refractivity contribution in [1.29, 1.82) is 0 Å². The van der Waals surface area contributed by atoms with Crippen LogP contribution in [0.1, 0.15) is 16.1 Å². The highest BCUT2D eigenvalue weighted by molar-refractivity contribution is 6.30. The number of halogens is 1. The lowest BCUT2D eigenvalue weighted by Crippen LogP contribution is -2.14. The summed E-state index contributed by atoms with van der Waals surface area (Å²) in [7, 11) is 0. The molecule has 0 fully saturated rings. The molecule has 1 amide bonds. The van der Waals surface area contributed by atoms with Crippen LogP contribution in [0.15, 0.2) is 67.0 Å². The van der Waals surface area contributed by atoms with Crippen molar-refractivity contribution in [2.75, 3.05) is 10.6 Å². The predicted molar refractivity (Wildman–Crippen MR) is 95.2 cm³/mol. The number of nitrogens with one attached hydrogen (secondary N) is 2. The Bertz CT molecular complexity index is 822. The van der Waals surface area contributed by atoms with Crippen LogP contribution < -0.4 is 10.6 Å². The number of benzene rings is 2. The summed E-state index contributed by atoms with van der Waals surface area (Å²) in [5.41, 5.74) is 1.99. The van der Waals surface area contributed by atoms with E-state index in [2.05, 4.69) is 20.6 Å². The van der Waals surface area contributed by atoms with E-state index in [0.29, 0.717) is 23.1 Å². The molecule has 6 heteroatoms. The van der Waals surface area contributed by atoms with Gasteiger partial charge in [-0.25, -0.2) is 9.97 Å². The highest BCUT2D eigenvalue weighted by atomic mass is 35.5. The Morgan fingerprint density at radius 2 is 1.83 bits per heavy atom. The van der Waals surface area contributed by atoms with Crippen molar-refractivity contribution in [2.24, 2.45) is 0 Å². The van der Waals surface area contributed by atoms with Gasteiger partial charge in [-0.05, 0) is 23.8 Å².